The Morgan fingerprint density at radius 1 is 1.28 bits per heavy atom. The quantitative estimate of drug-likeness (QED) is 0.833. The summed E-state index contributed by atoms with van der Waals surface area (Å²) in [6, 6.07) is 6.23. The van der Waals surface area contributed by atoms with Crippen molar-refractivity contribution >= 4 is 16.0 Å². The number of hydrogen-bond acceptors (Lipinski definition) is 4. The topological polar surface area (TPSA) is 86.5 Å². The lowest BCUT2D eigenvalue weighted by Gasteiger charge is -2.24. The summed E-state index contributed by atoms with van der Waals surface area (Å²) in [5, 5.41) is 5.02. The van der Waals surface area contributed by atoms with Crippen LogP contribution >= 0.6 is 0 Å². The van der Waals surface area contributed by atoms with E-state index in [0.717, 1.165) is 5.56 Å². The van der Waals surface area contributed by atoms with Crippen molar-refractivity contribution in [2.45, 2.75) is 31.1 Å². The van der Waals surface area contributed by atoms with Gasteiger partial charge < -0.3 is 4.74 Å². The molecule has 1 aromatic rings. The smallest absolute Gasteiger partial charge is 0.302 e. The van der Waals surface area contributed by atoms with E-state index < -0.39 is 10.0 Å². The van der Waals surface area contributed by atoms with Crippen LogP contribution < -0.4 is 5.14 Å². The molecule has 0 bridgehead atoms. The molecule has 0 saturated heterocycles. The van der Waals surface area contributed by atoms with E-state index in [4.69, 9.17) is 9.88 Å². The summed E-state index contributed by atoms with van der Waals surface area (Å²) in [6.45, 7) is 5.39. The first-order chi connectivity index (χ1) is 8.13. The van der Waals surface area contributed by atoms with E-state index in [0.29, 0.717) is 0 Å². The summed E-state index contributed by atoms with van der Waals surface area (Å²) in [5.74, 6) is -0.343. The lowest BCUT2D eigenvalue weighted by Crippen LogP contribution is -2.25. The van der Waals surface area contributed by atoms with Gasteiger partial charge in [-0.3, -0.25) is 4.79 Å². The van der Waals surface area contributed by atoms with E-state index in [2.05, 4.69) is 0 Å². The van der Waals surface area contributed by atoms with Gasteiger partial charge in [0.25, 0.3) is 0 Å². The van der Waals surface area contributed by atoms with Crippen LogP contribution in [-0.4, -0.2) is 21.0 Å². The lowest BCUT2D eigenvalue weighted by molar-refractivity contribution is -0.142. The first-order valence-corrected chi connectivity index (χ1v) is 6.94. The minimum Gasteiger partial charge on any atom is -0.465 e. The summed E-state index contributed by atoms with van der Waals surface area (Å²) < 4.78 is 27.2. The zero-order chi connectivity index (χ0) is 14.0. The summed E-state index contributed by atoms with van der Waals surface area (Å²) in [5.41, 5.74) is 0.485. The Labute approximate surface area is 107 Å². The summed E-state index contributed by atoms with van der Waals surface area (Å²) in [6.07, 6.45) is 0. The van der Waals surface area contributed by atoms with Crippen molar-refractivity contribution in [2.75, 3.05) is 6.61 Å². The third-order valence-corrected chi connectivity index (χ3v) is 3.53. The molecule has 1 rings (SSSR count). The van der Waals surface area contributed by atoms with Gasteiger partial charge in [0, 0.05) is 12.3 Å². The predicted octanol–water partition coefficient (Wildman–Crippen LogP) is 1.17. The van der Waals surface area contributed by atoms with Gasteiger partial charge in [0.2, 0.25) is 10.0 Å². The van der Waals surface area contributed by atoms with E-state index >= 15 is 0 Å². The van der Waals surface area contributed by atoms with Crippen molar-refractivity contribution in [3.8, 4) is 0 Å². The van der Waals surface area contributed by atoms with Crippen molar-refractivity contribution in [1.29, 1.82) is 0 Å². The van der Waals surface area contributed by atoms with Gasteiger partial charge in [-0.05, 0) is 17.7 Å². The highest BCUT2D eigenvalue weighted by Gasteiger charge is 2.22. The molecule has 0 heterocycles. The van der Waals surface area contributed by atoms with Crippen molar-refractivity contribution < 1.29 is 17.9 Å². The van der Waals surface area contributed by atoms with E-state index in [-0.39, 0.29) is 22.9 Å². The van der Waals surface area contributed by atoms with Crippen LogP contribution in [0.1, 0.15) is 26.3 Å². The summed E-state index contributed by atoms with van der Waals surface area (Å²) in [4.78, 5) is 10.9. The maximum atomic E-state index is 11.1. The number of benzene rings is 1. The highest BCUT2D eigenvalue weighted by Crippen LogP contribution is 2.24. The second kappa shape index (κ2) is 5.07. The summed E-state index contributed by atoms with van der Waals surface area (Å²) in [7, 11) is -3.68. The Kier molecular flexibility index (Phi) is 4.13. The molecule has 5 nitrogen and oxygen atoms in total. The van der Waals surface area contributed by atoms with Gasteiger partial charge in [0.1, 0.15) is 6.61 Å². The fourth-order valence-corrected chi connectivity index (χ4v) is 1.98. The highest BCUT2D eigenvalue weighted by atomic mass is 32.2. The molecule has 0 spiro atoms. The number of rotatable bonds is 4. The van der Waals surface area contributed by atoms with Crippen LogP contribution in [-0.2, 0) is 25.0 Å². The molecule has 0 radical (unpaired) electrons. The van der Waals surface area contributed by atoms with Crippen LogP contribution in [0, 0.1) is 0 Å². The van der Waals surface area contributed by atoms with Crippen molar-refractivity contribution in [3.63, 3.8) is 0 Å². The maximum Gasteiger partial charge on any atom is 0.302 e. The third-order valence-electron chi connectivity index (χ3n) is 2.60. The molecule has 18 heavy (non-hydrogen) atoms. The van der Waals surface area contributed by atoms with Gasteiger partial charge in [-0.2, -0.15) is 0 Å². The molecule has 2 N–H and O–H groups in total. The first kappa shape index (κ1) is 14.7. The largest absolute Gasteiger partial charge is 0.465 e. The van der Waals surface area contributed by atoms with Crippen LogP contribution in [0.25, 0.3) is 0 Å². The van der Waals surface area contributed by atoms with Crippen LogP contribution in [0.3, 0.4) is 0 Å². The maximum absolute atomic E-state index is 11.1. The number of nitrogens with two attached hydrogens (primary N) is 1. The average molecular weight is 271 g/mol. The molecule has 1 aromatic carbocycles. The second-order valence-electron chi connectivity index (χ2n) is 4.73. The Balaban J connectivity index is 2.94. The molecule has 0 fully saturated rings. The van der Waals surface area contributed by atoms with Gasteiger partial charge in [0.15, 0.2) is 0 Å². The molecule has 0 atom stereocenters. The van der Waals surface area contributed by atoms with E-state index in [1.807, 2.05) is 13.8 Å². The van der Waals surface area contributed by atoms with Gasteiger partial charge in [-0.15, -0.1) is 0 Å². The van der Waals surface area contributed by atoms with Crippen LogP contribution in [0.15, 0.2) is 29.2 Å². The molecular weight excluding hydrogens is 254 g/mol. The Morgan fingerprint density at radius 2 is 1.78 bits per heavy atom. The minimum absolute atomic E-state index is 0.0644. The first-order valence-electron chi connectivity index (χ1n) is 5.40. The van der Waals surface area contributed by atoms with Crippen molar-refractivity contribution in [3.05, 3.63) is 29.8 Å². The SMILES string of the molecule is CC(=O)OCC(C)(C)c1ccc(S(N)(=O)=O)cc1. The molecule has 0 aliphatic carbocycles. The number of hydrogen-bond donors (Lipinski definition) is 1. The number of ether oxygens (including phenoxy) is 1. The third kappa shape index (κ3) is 3.82. The lowest BCUT2D eigenvalue weighted by atomic mass is 9.86. The van der Waals surface area contributed by atoms with Crippen LogP contribution in [0.5, 0.6) is 0 Å². The molecule has 0 amide bonds. The Bertz CT molecular complexity index is 532. The average Bonchev–Trinajstić information content (AvgIpc) is 2.26. The molecule has 100 valence electrons. The van der Waals surface area contributed by atoms with Gasteiger partial charge in [0.05, 0.1) is 4.90 Å². The van der Waals surface area contributed by atoms with Crippen molar-refractivity contribution in [1.82, 2.24) is 0 Å². The molecule has 0 saturated carbocycles. The fourth-order valence-electron chi connectivity index (χ4n) is 1.46. The molecule has 0 aromatic heterocycles. The Morgan fingerprint density at radius 3 is 2.17 bits per heavy atom. The molecular formula is C12H17NO4S. The minimum atomic E-state index is -3.68. The normalized spacial score (nSPS) is 12.2. The zero-order valence-electron chi connectivity index (χ0n) is 10.6. The Hall–Kier alpha value is -1.40. The van der Waals surface area contributed by atoms with Gasteiger partial charge in [-0.25, -0.2) is 13.6 Å². The number of carbonyl (C=O) groups excluding carboxylic acids is 1. The standard InChI is InChI=1S/C12H17NO4S/c1-9(14)17-8-12(2,3)10-4-6-11(7-5-10)18(13,15)16/h4-7H,8H2,1-3H3,(H2,13,15,16). The molecule has 0 aliphatic rings. The van der Waals surface area contributed by atoms with Crippen LogP contribution in [0.2, 0.25) is 0 Å². The molecule has 0 unspecified atom stereocenters. The van der Waals surface area contributed by atoms with Gasteiger partial charge in [-0.1, -0.05) is 26.0 Å². The van der Waals surface area contributed by atoms with Gasteiger partial charge >= 0.3 is 5.97 Å². The number of primary sulfonamides is 1. The number of carbonyl (C=O) groups is 1. The van der Waals surface area contributed by atoms with E-state index in [1.54, 1.807) is 12.1 Å². The monoisotopic (exact) mass is 271 g/mol. The molecule has 6 heteroatoms. The predicted molar refractivity (Wildman–Crippen MR) is 67.5 cm³/mol. The number of sulfonamides is 1. The van der Waals surface area contributed by atoms with E-state index in [1.165, 1.54) is 19.1 Å². The molecule has 0 aliphatic heterocycles. The summed E-state index contributed by atoms with van der Waals surface area (Å²) >= 11 is 0. The second-order valence-corrected chi connectivity index (χ2v) is 6.29. The fraction of sp³-hybridized carbons (Fsp3) is 0.417. The van der Waals surface area contributed by atoms with Crippen LogP contribution in [0.4, 0.5) is 0 Å². The highest BCUT2D eigenvalue weighted by molar-refractivity contribution is 7.89. The number of esters is 1. The zero-order valence-corrected chi connectivity index (χ0v) is 11.5. The van der Waals surface area contributed by atoms with Crippen molar-refractivity contribution in [2.24, 2.45) is 5.14 Å². The van der Waals surface area contributed by atoms with E-state index in [9.17, 15) is 13.2 Å².